The molecule has 0 saturated carbocycles. The van der Waals surface area contributed by atoms with Gasteiger partial charge in [0, 0.05) is 12.7 Å². The fraction of sp³-hybridized carbons (Fsp3) is 0.318. The zero-order chi connectivity index (χ0) is 24.9. The Morgan fingerprint density at radius 3 is 2.24 bits per heavy atom. The van der Waals surface area contributed by atoms with Gasteiger partial charge in [-0.3, -0.25) is 15.1 Å². The Kier molecular flexibility index (Phi) is 6.54. The van der Waals surface area contributed by atoms with Crippen LogP contribution in [-0.2, 0) is 25.6 Å². The molecule has 1 unspecified atom stereocenters. The van der Waals surface area contributed by atoms with Crippen molar-refractivity contribution in [2.45, 2.75) is 17.4 Å². The molecular weight excluding hydrogens is 523 g/mol. The molecule has 2 aromatic rings. The number of halogens is 7. The number of likely N-dealkylation sites (tertiary alicyclic amines) is 1. The van der Waals surface area contributed by atoms with Gasteiger partial charge in [-0.15, -0.1) is 0 Å². The van der Waals surface area contributed by atoms with E-state index in [4.69, 9.17) is 44.4 Å². The molecule has 182 valence electrons. The number of hydroxylamine groups is 1. The van der Waals surface area contributed by atoms with Crippen molar-refractivity contribution in [3.63, 3.8) is 0 Å². The number of methoxy groups -OCH3 is 1. The molecule has 2 aliphatic heterocycles. The largest absolute Gasteiger partial charge is 0.428 e. The van der Waals surface area contributed by atoms with E-state index >= 15 is 4.39 Å². The summed E-state index contributed by atoms with van der Waals surface area (Å²) in [5.41, 5.74) is -2.04. The average molecular weight is 540 g/mol. The quantitative estimate of drug-likeness (QED) is 0.395. The van der Waals surface area contributed by atoms with Crippen LogP contribution in [0, 0.1) is 0 Å². The monoisotopic (exact) mass is 538 g/mol. The first-order valence-electron chi connectivity index (χ1n) is 9.85. The van der Waals surface area contributed by atoms with Crippen LogP contribution in [0.3, 0.4) is 0 Å². The molecular formula is C22H17Cl3F4N2O3. The molecule has 34 heavy (non-hydrogen) atoms. The van der Waals surface area contributed by atoms with Crippen molar-refractivity contribution < 1.29 is 31.9 Å². The van der Waals surface area contributed by atoms with E-state index in [1.165, 1.54) is 36.3 Å². The maximum absolute atomic E-state index is 15.1. The van der Waals surface area contributed by atoms with Crippen molar-refractivity contribution >= 4 is 46.4 Å². The highest BCUT2D eigenvalue weighted by Crippen LogP contribution is 2.49. The number of amides is 1. The maximum atomic E-state index is 15.1. The minimum Gasteiger partial charge on any atom is -0.375 e. The van der Waals surface area contributed by atoms with E-state index in [0.717, 1.165) is 18.2 Å². The Hall–Kier alpha value is -2.04. The summed E-state index contributed by atoms with van der Waals surface area (Å²) in [6, 6.07) is 7.92. The number of ether oxygens (including phenoxy) is 1. The SMILES string of the molecule is COCC(=O)N1CC(F)(c2ccc(C3=CC(c4cc(Cl)c(Cl)c(Cl)c4)(C(F)(F)F)ON3)cc2)C1. The second kappa shape index (κ2) is 8.87. The number of nitrogens with one attached hydrogen (secondary N) is 1. The summed E-state index contributed by atoms with van der Waals surface area (Å²) < 4.78 is 62.4. The minimum atomic E-state index is -4.88. The van der Waals surface area contributed by atoms with Crippen molar-refractivity contribution in [2.75, 3.05) is 26.8 Å². The summed E-state index contributed by atoms with van der Waals surface area (Å²) in [7, 11) is 1.37. The van der Waals surface area contributed by atoms with Gasteiger partial charge in [-0.25, -0.2) is 4.39 Å². The molecule has 1 saturated heterocycles. The van der Waals surface area contributed by atoms with Gasteiger partial charge < -0.3 is 9.64 Å². The van der Waals surface area contributed by atoms with E-state index in [9.17, 15) is 18.0 Å². The number of rotatable bonds is 5. The second-order valence-corrected chi connectivity index (χ2v) is 9.17. The third-order valence-electron chi connectivity index (χ3n) is 5.72. The van der Waals surface area contributed by atoms with Gasteiger partial charge >= 0.3 is 6.18 Å². The first-order valence-corrected chi connectivity index (χ1v) is 11.0. The average Bonchev–Trinajstić information content (AvgIpc) is 3.22. The van der Waals surface area contributed by atoms with E-state index in [1.54, 1.807) is 0 Å². The third-order valence-corrected chi connectivity index (χ3v) is 6.92. The fourth-order valence-corrected chi connectivity index (χ4v) is 4.43. The lowest BCUT2D eigenvalue weighted by Crippen LogP contribution is -2.59. The van der Waals surface area contributed by atoms with Crippen molar-refractivity contribution in [1.29, 1.82) is 0 Å². The molecule has 2 aromatic carbocycles. The van der Waals surface area contributed by atoms with E-state index in [0.29, 0.717) is 11.1 Å². The van der Waals surface area contributed by atoms with E-state index < -0.39 is 17.4 Å². The van der Waals surface area contributed by atoms with Crippen LogP contribution in [0.25, 0.3) is 5.70 Å². The molecule has 1 atom stereocenters. The van der Waals surface area contributed by atoms with Gasteiger partial charge in [0.2, 0.25) is 11.5 Å². The van der Waals surface area contributed by atoms with Crippen LogP contribution in [0.1, 0.15) is 16.7 Å². The number of alkyl halides is 4. The van der Waals surface area contributed by atoms with Gasteiger partial charge in [0.15, 0.2) is 5.67 Å². The molecule has 1 amide bonds. The van der Waals surface area contributed by atoms with Crippen molar-refractivity contribution in [1.82, 2.24) is 10.4 Å². The van der Waals surface area contributed by atoms with Gasteiger partial charge in [-0.2, -0.15) is 13.2 Å². The molecule has 5 nitrogen and oxygen atoms in total. The molecule has 0 bridgehead atoms. The number of hydrogen-bond donors (Lipinski definition) is 1. The van der Waals surface area contributed by atoms with Gasteiger partial charge in [-0.05, 0) is 29.3 Å². The maximum Gasteiger partial charge on any atom is 0.428 e. The Morgan fingerprint density at radius 1 is 1.12 bits per heavy atom. The van der Waals surface area contributed by atoms with Crippen LogP contribution >= 0.6 is 34.8 Å². The van der Waals surface area contributed by atoms with Crippen molar-refractivity contribution in [2.24, 2.45) is 0 Å². The number of nitrogens with zero attached hydrogens (tertiary/aromatic N) is 1. The van der Waals surface area contributed by atoms with Crippen molar-refractivity contribution in [3.05, 3.63) is 74.2 Å². The predicted octanol–water partition coefficient (Wildman–Crippen LogP) is 5.63. The molecule has 4 rings (SSSR count). The lowest BCUT2D eigenvalue weighted by Gasteiger charge is -2.44. The Bertz CT molecular complexity index is 1130. The Labute approximate surface area is 207 Å². The van der Waals surface area contributed by atoms with Gasteiger partial charge in [0.1, 0.15) is 6.61 Å². The van der Waals surface area contributed by atoms with Gasteiger partial charge in [0.05, 0.1) is 33.9 Å². The lowest BCUT2D eigenvalue weighted by molar-refractivity contribution is -0.269. The highest BCUT2D eigenvalue weighted by molar-refractivity contribution is 6.48. The summed E-state index contributed by atoms with van der Waals surface area (Å²) in [5.74, 6) is -0.323. The minimum absolute atomic E-state index is 0.0180. The van der Waals surface area contributed by atoms with Crippen LogP contribution in [0.5, 0.6) is 0 Å². The summed E-state index contributed by atoms with van der Waals surface area (Å²) in [4.78, 5) is 18.1. The van der Waals surface area contributed by atoms with Crippen LogP contribution in [-0.4, -0.2) is 43.8 Å². The molecule has 2 heterocycles. The molecule has 0 radical (unpaired) electrons. The standard InChI is InChI=1S/C22H17Cl3F4N2O3/c1-33-9-18(32)31-10-20(26,11-31)13-4-2-12(3-5-13)17-8-21(34-30-17,22(27,28)29)14-6-15(23)19(25)16(24)7-14/h2-8,30H,9-11H2,1H3. The molecule has 1 N–H and O–H groups in total. The molecule has 0 aromatic heterocycles. The summed E-state index contributed by atoms with van der Waals surface area (Å²) in [5, 5.41) is -0.391. The second-order valence-electron chi connectivity index (χ2n) is 7.97. The van der Waals surface area contributed by atoms with E-state index in [-0.39, 0.29) is 51.9 Å². The number of benzene rings is 2. The van der Waals surface area contributed by atoms with Crippen molar-refractivity contribution in [3.8, 4) is 0 Å². The van der Waals surface area contributed by atoms with Crippen LogP contribution in [0.15, 0.2) is 42.5 Å². The smallest absolute Gasteiger partial charge is 0.375 e. The summed E-state index contributed by atoms with van der Waals surface area (Å²) >= 11 is 17.8. The van der Waals surface area contributed by atoms with Crippen LogP contribution < -0.4 is 5.48 Å². The number of hydrogen-bond acceptors (Lipinski definition) is 4. The molecule has 2 aliphatic rings. The third kappa shape index (κ3) is 4.24. The highest BCUT2D eigenvalue weighted by atomic mass is 35.5. The van der Waals surface area contributed by atoms with E-state index in [2.05, 4.69) is 5.48 Å². The summed E-state index contributed by atoms with van der Waals surface area (Å²) in [6.45, 7) is -0.401. The van der Waals surface area contributed by atoms with Gasteiger partial charge in [-0.1, -0.05) is 59.1 Å². The number of carbonyl (C=O) groups is 1. The number of carbonyl (C=O) groups excluding carboxylic acids is 1. The fourth-order valence-electron chi connectivity index (χ4n) is 3.84. The highest BCUT2D eigenvalue weighted by Gasteiger charge is 2.60. The predicted molar refractivity (Wildman–Crippen MR) is 119 cm³/mol. The Balaban J connectivity index is 1.61. The molecule has 12 heteroatoms. The molecule has 0 aliphatic carbocycles. The first-order chi connectivity index (χ1) is 15.9. The molecule has 0 spiro atoms. The van der Waals surface area contributed by atoms with Gasteiger partial charge in [0.25, 0.3) is 0 Å². The zero-order valence-corrected chi connectivity index (χ0v) is 19.7. The normalized spacial score (nSPS) is 21.6. The van der Waals surface area contributed by atoms with Crippen LogP contribution in [0.2, 0.25) is 15.1 Å². The first kappa shape index (κ1) is 25.1. The lowest BCUT2D eigenvalue weighted by atomic mass is 9.87. The molecule has 1 fully saturated rings. The topological polar surface area (TPSA) is 50.8 Å². The van der Waals surface area contributed by atoms with E-state index in [1.807, 2.05) is 0 Å². The Morgan fingerprint density at radius 2 is 1.71 bits per heavy atom. The van der Waals surface area contributed by atoms with Crippen LogP contribution in [0.4, 0.5) is 17.6 Å². The summed E-state index contributed by atoms with van der Waals surface area (Å²) in [6.07, 6.45) is -4.02. The zero-order valence-electron chi connectivity index (χ0n) is 17.5.